The van der Waals surface area contributed by atoms with E-state index in [4.69, 9.17) is 9.47 Å². The molecule has 1 heterocycles. The Morgan fingerprint density at radius 1 is 1.62 bits per heavy atom. The molecule has 0 aromatic heterocycles. The zero-order valence-electron chi connectivity index (χ0n) is 7.69. The van der Waals surface area contributed by atoms with Gasteiger partial charge in [-0.05, 0) is 6.92 Å². The average Bonchev–Trinajstić information content (AvgIpc) is 2.01. The molecule has 4 nitrogen and oxygen atoms in total. The third-order valence-electron chi connectivity index (χ3n) is 1.58. The van der Waals surface area contributed by atoms with Crippen LogP contribution in [0.4, 0.5) is 0 Å². The van der Waals surface area contributed by atoms with Gasteiger partial charge in [-0.25, -0.2) is 4.79 Å². The minimum atomic E-state index is -0.323. The van der Waals surface area contributed by atoms with Gasteiger partial charge < -0.3 is 14.2 Å². The van der Waals surface area contributed by atoms with Crippen LogP contribution in [0.3, 0.4) is 0 Å². The molecule has 1 fully saturated rings. The fraction of sp³-hybridized carbons (Fsp3) is 0.667. The maximum atomic E-state index is 10.8. The summed E-state index contributed by atoms with van der Waals surface area (Å²) in [6, 6.07) is 0. The molecule has 1 saturated heterocycles. The molecule has 0 radical (unpaired) electrons. The van der Waals surface area contributed by atoms with Gasteiger partial charge in [-0.15, -0.1) is 0 Å². The van der Waals surface area contributed by atoms with Crippen molar-refractivity contribution in [3.8, 4) is 0 Å². The van der Waals surface area contributed by atoms with Gasteiger partial charge in [0.2, 0.25) is 0 Å². The van der Waals surface area contributed by atoms with Gasteiger partial charge in [0.05, 0.1) is 26.4 Å². The second kappa shape index (κ2) is 5.72. The highest BCUT2D eigenvalue weighted by Gasteiger charge is 2.17. The highest BCUT2D eigenvalue weighted by atomic mass is 16.6. The van der Waals surface area contributed by atoms with Gasteiger partial charge in [0.15, 0.2) is 0 Å². The monoisotopic (exact) mass is 186 g/mol. The molecule has 74 valence electrons. The van der Waals surface area contributed by atoms with Crippen LogP contribution in [0, 0.1) is 0 Å². The molecule has 0 spiro atoms. The third-order valence-corrected chi connectivity index (χ3v) is 1.58. The van der Waals surface area contributed by atoms with Crippen LogP contribution in [0.2, 0.25) is 0 Å². The van der Waals surface area contributed by atoms with E-state index in [-0.39, 0.29) is 12.1 Å². The quantitative estimate of drug-likeness (QED) is 0.464. The lowest BCUT2D eigenvalue weighted by atomic mass is 10.3. The van der Waals surface area contributed by atoms with E-state index in [1.54, 1.807) is 13.0 Å². The van der Waals surface area contributed by atoms with E-state index in [0.717, 1.165) is 0 Å². The molecule has 0 aliphatic carbocycles. The first-order chi connectivity index (χ1) is 6.33. The van der Waals surface area contributed by atoms with Crippen molar-refractivity contribution in [2.24, 2.45) is 0 Å². The van der Waals surface area contributed by atoms with E-state index < -0.39 is 0 Å². The van der Waals surface area contributed by atoms with Gasteiger partial charge in [-0.2, -0.15) is 0 Å². The molecule has 0 amide bonds. The molecule has 0 atom stereocenters. The number of carbonyl (C=O) groups is 1. The Hall–Kier alpha value is -0.870. The van der Waals surface area contributed by atoms with Crippen LogP contribution in [-0.2, 0) is 19.0 Å². The number of ether oxygens (including phenoxy) is 3. The largest absolute Gasteiger partial charge is 0.463 e. The molecule has 0 aromatic carbocycles. The second-order valence-corrected chi connectivity index (χ2v) is 2.65. The van der Waals surface area contributed by atoms with Crippen LogP contribution in [0.1, 0.15) is 6.92 Å². The topological polar surface area (TPSA) is 44.8 Å². The van der Waals surface area contributed by atoms with Crippen LogP contribution >= 0.6 is 0 Å². The van der Waals surface area contributed by atoms with Crippen molar-refractivity contribution < 1.29 is 19.0 Å². The second-order valence-electron chi connectivity index (χ2n) is 2.65. The van der Waals surface area contributed by atoms with Crippen LogP contribution in [0.5, 0.6) is 0 Å². The van der Waals surface area contributed by atoms with Crippen molar-refractivity contribution in [2.75, 3.05) is 26.4 Å². The Morgan fingerprint density at radius 2 is 2.38 bits per heavy atom. The lowest BCUT2D eigenvalue weighted by Gasteiger charge is -2.25. The molecule has 0 N–H and O–H groups in total. The molecule has 13 heavy (non-hydrogen) atoms. The number of hydrogen-bond acceptors (Lipinski definition) is 4. The molecule has 1 aliphatic rings. The molecule has 1 rings (SSSR count). The normalized spacial score (nSPS) is 17.3. The SMILES string of the molecule is CCOC(=O)/C=C/COC1COC1. The zero-order valence-corrected chi connectivity index (χ0v) is 7.69. The van der Waals surface area contributed by atoms with E-state index >= 15 is 0 Å². The Labute approximate surface area is 77.5 Å². The van der Waals surface area contributed by atoms with Gasteiger partial charge in [-0.1, -0.05) is 6.08 Å². The smallest absolute Gasteiger partial charge is 0.330 e. The van der Waals surface area contributed by atoms with Crippen molar-refractivity contribution in [2.45, 2.75) is 13.0 Å². The summed E-state index contributed by atoms with van der Waals surface area (Å²) in [5.74, 6) is -0.323. The zero-order chi connectivity index (χ0) is 9.52. The fourth-order valence-corrected chi connectivity index (χ4v) is 0.837. The highest BCUT2D eigenvalue weighted by Crippen LogP contribution is 2.04. The van der Waals surface area contributed by atoms with Gasteiger partial charge in [-0.3, -0.25) is 0 Å². The Morgan fingerprint density at radius 3 is 2.92 bits per heavy atom. The summed E-state index contributed by atoms with van der Waals surface area (Å²) < 4.78 is 14.9. The van der Waals surface area contributed by atoms with Crippen molar-refractivity contribution in [1.82, 2.24) is 0 Å². The van der Waals surface area contributed by atoms with Crippen molar-refractivity contribution in [3.05, 3.63) is 12.2 Å². The summed E-state index contributed by atoms with van der Waals surface area (Å²) in [5, 5.41) is 0. The predicted molar refractivity (Wildman–Crippen MR) is 46.3 cm³/mol. The summed E-state index contributed by atoms with van der Waals surface area (Å²) in [6.45, 7) is 3.93. The Bertz CT molecular complexity index is 184. The summed E-state index contributed by atoms with van der Waals surface area (Å²) in [5.41, 5.74) is 0. The van der Waals surface area contributed by atoms with Gasteiger partial charge in [0.25, 0.3) is 0 Å². The van der Waals surface area contributed by atoms with E-state index in [9.17, 15) is 4.79 Å². The number of carbonyl (C=O) groups excluding carboxylic acids is 1. The standard InChI is InChI=1S/C9H14O4/c1-2-12-9(10)4-3-5-13-8-6-11-7-8/h3-4,8H,2,5-7H2,1H3/b4-3+. The molecule has 4 heteroatoms. The van der Waals surface area contributed by atoms with Crippen molar-refractivity contribution >= 4 is 5.97 Å². The van der Waals surface area contributed by atoms with E-state index in [1.165, 1.54) is 6.08 Å². The molecule has 0 aromatic rings. The van der Waals surface area contributed by atoms with Gasteiger partial charge >= 0.3 is 5.97 Å². The van der Waals surface area contributed by atoms with Crippen molar-refractivity contribution in [1.29, 1.82) is 0 Å². The molecule has 1 aliphatic heterocycles. The molecular formula is C9H14O4. The summed E-state index contributed by atoms with van der Waals surface area (Å²) in [7, 11) is 0. The van der Waals surface area contributed by atoms with E-state index in [2.05, 4.69) is 4.74 Å². The molecule has 0 saturated carbocycles. The fourth-order valence-electron chi connectivity index (χ4n) is 0.837. The van der Waals surface area contributed by atoms with Gasteiger partial charge in [0.1, 0.15) is 6.10 Å². The molecule has 0 bridgehead atoms. The third kappa shape index (κ3) is 4.05. The number of esters is 1. The Balaban J connectivity index is 1.99. The number of hydrogen-bond donors (Lipinski definition) is 0. The number of rotatable bonds is 5. The Kier molecular flexibility index (Phi) is 4.49. The molecule has 0 unspecified atom stereocenters. The lowest BCUT2D eigenvalue weighted by Crippen LogP contribution is -2.36. The predicted octanol–water partition coefficient (Wildman–Crippen LogP) is 0.521. The van der Waals surface area contributed by atoms with E-state index in [1.807, 2.05) is 0 Å². The minimum Gasteiger partial charge on any atom is -0.463 e. The van der Waals surface area contributed by atoms with Crippen LogP contribution < -0.4 is 0 Å². The van der Waals surface area contributed by atoms with Crippen molar-refractivity contribution in [3.63, 3.8) is 0 Å². The lowest BCUT2D eigenvalue weighted by molar-refractivity contribution is -0.137. The summed E-state index contributed by atoms with van der Waals surface area (Å²) in [4.78, 5) is 10.8. The van der Waals surface area contributed by atoms with Gasteiger partial charge in [0, 0.05) is 6.08 Å². The first-order valence-corrected chi connectivity index (χ1v) is 4.35. The maximum absolute atomic E-state index is 10.8. The van der Waals surface area contributed by atoms with Crippen LogP contribution in [0.25, 0.3) is 0 Å². The first-order valence-electron chi connectivity index (χ1n) is 4.35. The first kappa shape index (κ1) is 10.2. The van der Waals surface area contributed by atoms with E-state index in [0.29, 0.717) is 26.4 Å². The summed E-state index contributed by atoms with van der Waals surface area (Å²) >= 11 is 0. The highest BCUT2D eigenvalue weighted by molar-refractivity contribution is 5.81. The minimum absolute atomic E-state index is 0.201. The van der Waals surface area contributed by atoms with Crippen LogP contribution in [0.15, 0.2) is 12.2 Å². The maximum Gasteiger partial charge on any atom is 0.330 e. The molecular weight excluding hydrogens is 172 g/mol. The summed E-state index contributed by atoms with van der Waals surface area (Å²) in [6.07, 6.45) is 3.23. The average molecular weight is 186 g/mol. The van der Waals surface area contributed by atoms with Crippen LogP contribution in [-0.4, -0.2) is 38.5 Å².